The molecular formula is C12H13N5O4. The van der Waals surface area contributed by atoms with Crippen molar-refractivity contribution < 1.29 is 14.8 Å². The normalized spacial score (nSPS) is 10.3. The lowest BCUT2D eigenvalue weighted by atomic mass is 10.2. The summed E-state index contributed by atoms with van der Waals surface area (Å²) in [4.78, 5) is 28.9. The third kappa shape index (κ3) is 3.32. The first-order chi connectivity index (χ1) is 9.99. The quantitative estimate of drug-likeness (QED) is 0.607. The molecule has 0 aliphatic heterocycles. The first kappa shape index (κ1) is 14.4. The summed E-state index contributed by atoms with van der Waals surface area (Å²) in [6.07, 6.45) is 4.27. The van der Waals surface area contributed by atoms with Crippen molar-refractivity contribution in [3.63, 3.8) is 0 Å². The van der Waals surface area contributed by atoms with Crippen molar-refractivity contribution in [2.24, 2.45) is 0 Å². The Kier molecular flexibility index (Phi) is 4.12. The van der Waals surface area contributed by atoms with Gasteiger partial charge in [0.15, 0.2) is 5.69 Å². The monoisotopic (exact) mass is 291 g/mol. The summed E-state index contributed by atoms with van der Waals surface area (Å²) < 4.78 is 1.58. The highest BCUT2D eigenvalue weighted by Gasteiger charge is 2.17. The number of nitrogens with one attached hydrogen (secondary N) is 1. The van der Waals surface area contributed by atoms with Crippen LogP contribution in [0.25, 0.3) is 0 Å². The molecule has 2 heterocycles. The molecule has 21 heavy (non-hydrogen) atoms. The van der Waals surface area contributed by atoms with Gasteiger partial charge in [-0.1, -0.05) is 0 Å². The number of carbonyl (C=O) groups is 1. The Bertz CT molecular complexity index is 682. The van der Waals surface area contributed by atoms with Crippen LogP contribution in [-0.4, -0.2) is 37.1 Å². The number of aryl methyl sites for hydroxylation is 1. The van der Waals surface area contributed by atoms with E-state index in [2.05, 4.69) is 15.3 Å². The Morgan fingerprint density at radius 1 is 1.52 bits per heavy atom. The van der Waals surface area contributed by atoms with Crippen LogP contribution in [0.2, 0.25) is 0 Å². The van der Waals surface area contributed by atoms with Gasteiger partial charge in [-0.2, -0.15) is 0 Å². The minimum atomic E-state index is -1.10. The Labute approximate surface area is 119 Å². The van der Waals surface area contributed by atoms with Gasteiger partial charge in [0.05, 0.1) is 11.3 Å². The van der Waals surface area contributed by atoms with E-state index in [1.165, 1.54) is 18.7 Å². The number of imidazole rings is 1. The molecule has 0 radical (unpaired) electrons. The van der Waals surface area contributed by atoms with Gasteiger partial charge in [0.1, 0.15) is 0 Å². The molecule has 0 bridgehead atoms. The molecule has 0 aromatic carbocycles. The van der Waals surface area contributed by atoms with Crippen LogP contribution in [0.3, 0.4) is 0 Å². The summed E-state index contributed by atoms with van der Waals surface area (Å²) in [5, 5.41) is 22.6. The number of pyridine rings is 1. The summed E-state index contributed by atoms with van der Waals surface area (Å²) in [6, 6.07) is 1.57. The minimum Gasteiger partial charge on any atom is -0.476 e. The fraction of sp³-hybridized carbons (Fsp3) is 0.250. The molecule has 0 aliphatic rings. The molecule has 0 amide bonds. The van der Waals surface area contributed by atoms with Gasteiger partial charge in [-0.3, -0.25) is 10.1 Å². The topological polar surface area (TPSA) is 123 Å². The van der Waals surface area contributed by atoms with E-state index < -0.39 is 10.9 Å². The fourth-order valence-electron chi connectivity index (χ4n) is 1.81. The molecule has 0 saturated heterocycles. The summed E-state index contributed by atoms with van der Waals surface area (Å²) in [7, 11) is 0. The molecule has 0 fully saturated rings. The standard InChI is InChI=1S/C12H13N5O4/c1-8-2-3-13-11(10(8)17(20)21)14-4-5-16-6-9(12(18)19)15-7-16/h2-3,6-7H,4-5H2,1H3,(H,13,14)(H,18,19). The number of hydrogen-bond donors (Lipinski definition) is 2. The lowest BCUT2D eigenvalue weighted by Crippen LogP contribution is -2.12. The number of nitro groups is 1. The summed E-state index contributed by atoms with van der Waals surface area (Å²) in [5.74, 6) is -0.906. The Hall–Kier alpha value is -2.97. The SMILES string of the molecule is Cc1ccnc(NCCn2cnc(C(=O)O)c2)c1[N+](=O)[O-]. The van der Waals surface area contributed by atoms with Crippen molar-refractivity contribution in [1.82, 2.24) is 14.5 Å². The maximum atomic E-state index is 11.0. The second-order valence-corrected chi connectivity index (χ2v) is 4.31. The molecule has 0 unspecified atom stereocenters. The Morgan fingerprint density at radius 3 is 2.90 bits per heavy atom. The average molecular weight is 291 g/mol. The highest BCUT2D eigenvalue weighted by Crippen LogP contribution is 2.25. The van der Waals surface area contributed by atoms with Crippen LogP contribution >= 0.6 is 0 Å². The summed E-state index contributed by atoms with van der Waals surface area (Å²) >= 11 is 0. The van der Waals surface area contributed by atoms with E-state index in [-0.39, 0.29) is 17.2 Å². The molecule has 9 heteroatoms. The van der Waals surface area contributed by atoms with E-state index in [1.807, 2.05) is 0 Å². The zero-order chi connectivity index (χ0) is 15.4. The van der Waals surface area contributed by atoms with Gasteiger partial charge in [0, 0.05) is 31.0 Å². The molecule has 2 aromatic heterocycles. The second kappa shape index (κ2) is 5.99. The largest absolute Gasteiger partial charge is 0.476 e. The zero-order valence-electron chi connectivity index (χ0n) is 11.2. The van der Waals surface area contributed by atoms with Gasteiger partial charge in [0.25, 0.3) is 0 Å². The second-order valence-electron chi connectivity index (χ2n) is 4.31. The number of carboxylic acid groups (broad SMARTS) is 1. The third-order valence-electron chi connectivity index (χ3n) is 2.82. The Morgan fingerprint density at radius 2 is 2.29 bits per heavy atom. The van der Waals surface area contributed by atoms with Gasteiger partial charge >= 0.3 is 11.7 Å². The third-order valence-corrected chi connectivity index (χ3v) is 2.82. The minimum absolute atomic E-state index is 0.0466. The highest BCUT2D eigenvalue weighted by atomic mass is 16.6. The number of rotatable bonds is 6. The van der Waals surface area contributed by atoms with Gasteiger partial charge in [-0.05, 0) is 13.0 Å². The highest BCUT2D eigenvalue weighted by molar-refractivity contribution is 5.84. The predicted molar refractivity (Wildman–Crippen MR) is 73.3 cm³/mol. The van der Waals surface area contributed by atoms with Crippen LogP contribution in [-0.2, 0) is 6.54 Å². The van der Waals surface area contributed by atoms with Gasteiger partial charge in [-0.25, -0.2) is 14.8 Å². The lowest BCUT2D eigenvalue weighted by Gasteiger charge is -2.07. The van der Waals surface area contributed by atoms with Crippen molar-refractivity contribution in [3.05, 3.63) is 46.2 Å². The molecule has 0 spiro atoms. The molecule has 2 N–H and O–H groups in total. The van der Waals surface area contributed by atoms with Crippen LogP contribution in [0.15, 0.2) is 24.8 Å². The number of aromatic nitrogens is 3. The molecule has 2 rings (SSSR count). The molecule has 0 saturated carbocycles. The first-order valence-electron chi connectivity index (χ1n) is 6.08. The van der Waals surface area contributed by atoms with E-state index in [1.54, 1.807) is 17.6 Å². The van der Waals surface area contributed by atoms with Crippen molar-refractivity contribution in [2.45, 2.75) is 13.5 Å². The van der Waals surface area contributed by atoms with Gasteiger partial charge in [-0.15, -0.1) is 0 Å². The van der Waals surface area contributed by atoms with Crippen molar-refractivity contribution in [1.29, 1.82) is 0 Å². The van der Waals surface area contributed by atoms with Crippen LogP contribution in [0.4, 0.5) is 11.5 Å². The summed E-state index contributed by atoms with van der Waals surface area (Å²) in [6.45, 7) is 2.40. The Balaban J connectivity index is 2.02. The molecule has 9 nitrogen and oxygen atoms in total. The fourth-order valence-corrected chi connectivity index (χ4v) is 1.81. The maximum absolute atomic E-state index is 11.0. The van der Waals surface area contributed by atoms with Gasteiger partial charge < -0.3 is 15.0 Å². The smallest absolute Gasteiger partial charge is 0.356 e. The van der Waals surface area contributed by atoms with Crippen LogP contribution < -0.4 is 5.32 Å². The van der Waals surface area contributed by atoms with Crippen LogP contribution in [0.5, 0.6) is 0 Å². The van der Waals surface area contributed by atoms with E-state index in [9.17, 15) is 14.9 Å². The van der Waals surface area contributed by atoms with Crippen molar-refractivity contribution in [2.75, 3.05) is 11.9 Å². The van der Waals surface area contributed by atoms with Crippen LogP contribution in [0, 0.1) is 17.0 Å². The molecular weight excluding hydrogens is 278 g/mol. The maximum Gasteiger partial charge on any atom is 0.356 e. The predicted octanol–water partition coefficient (Wildman–Crippen LogP) is 1.31. The van der Waals surface area contributed by atoms with Gasteiger partial charge in [0.2, 0.25) is 5.82 Å². The van der Waals surface area contributed by atoms with E-state index >= 15 is 0 Å². The number of hydrogen-bond acceptors (Lipinski definition) is 6. The molecule has 0 aliphatic carbocycles. The number of aromatic carboxylic acids is 1. The number of carboxylic acids is 1. The first-order valence-corrected chi connectivity index (χ1v) is 6.08. The summed E-state index contributed by atoms with van der Waals surface area (Å²) in [5.41, 5.74) is 0.414. The van der Waals surface area contributed by atoms with E-state index in [0.29, 0.717) is 18.7 Å². The average Bonchev–Trinajstić information content (AvgIpc) is 2.87. The van der Waals surface area contributed by atoms with Crippen molar-refractivity contribution >= 4 is 17.5 Å². The number of nitrogens with zero attached hydrogens (tertiary/aromatic N) is 4. The number of anilines is 1. The van der Waals surface area contributed by atoms with Crippen LogP contribution in [0.1, 0.15) is 16.1 Å². The van der Waals surface area contributed by atoms with E-state index in [0.717, 1.165) is 0 Å². The van der Waals surface area contributed by atoms with Crippen molar-refractivity contribution in [3.8, 4) is 0 Å². The lowest BCUT2D eigenvalue weighted by molar-refractivity contribution is -0.384. The molecule has 2 aromatic rings. The van der Waals surface area contributed by atoms with E-state index in [4.69, 9.17) is 5.11 Å². The zero-order valence-corrected chi connectivity index (χ0v) is 11.2. The molecule has 110 valence electrons. The molecule has 0 atom stereocenters.